The molecule has 0 bridgehead atoms. The fourth-order valence-corrected chi connectivity index (χ4v) is 4.60. The molecule has 2 aliphatic heterocycles. The number of hydrogen-bond acceptors (Lipinski definition) is 3. The molecular weight excluding hydrogens is 396 g/mol. The van der Waals surface area contributed by atoms with Gasteiger partial charge in [-0.25, -0.2) is 4.90 Å². The van der Waals surface area contributed by atoms with Crippen LogP contribution in [-0.2, 0) is 16.0 Å². The summed E-state index contributed by atoms with van der Waals surface area (Å²) < 4.78 is 0. The van der Waals surface area contributed by atoms with E-state index in [4.69, 9.17) is 0 Å². The molecule has 160 valence electrons. The van der Waals surface area contributed by atoms with Crippen LogP contribution in [0.3, 0.4) is 0 Å². The first kappa shape index (κ1) is 20.3. The fraction of sp³-hybridized carbons (Fsp3) is 0.214. The average molecular weight is 423 g/mol. The van der Waals surface area contributed by atoms with E-state index in [2.05, 4.69) is 6.07 Å². The molecule has 0 N–H and O–H groups in total. The number of amides is 2. The zero-order valence-corrected chi connectivity index (χ0v) is 18.9. The SMILES string of the molecule is Cc1ccc(C2=C(N3CCc4ccccc43)C(=O)N(c3ccc(C)c(C)c3)C2=O)cc1C. The molecule has 32 heavy (non-hydrogen) atoms. The van der Waals surface area contributed by atoms with Crippen molar-refractivity contribution >= 4 is 28.8 Å². The van der Waals surface area contributed by atoms with E-state index in [9.17, 15) is 9.59 Å². The summed E-state index contributed by atoms with van der Waals surface area (Å²) in [5.41, 5.74) is 9.00. The third-order valence-electron chi connectivity index (χ3n) is 6.76. The molecule has 2 amide bonds. The number of hydrogen-bond donors (Lipinski definition) is 0. The van der Waals surface area contributed by atoms with E-state index in [1.807, 2.05) is 87.2 Å². The van der Waals surface area contributed by atoms with Crippen molar-refractivity contribution in [2.24, 2.45) is 0 Å². The fourth-order valence-electron chi connectivity index (χ4n) is 4.60. The molecule has 0 aromatic heterocycles. The highest BCUT2D eigenvalue weighted by molar-refractivity contribution is 6.46. The molecule has 4 nitrogen and oxygen atoms in total. The van der Waals surface area contributed by atoms with Crippen LogP contribution in [0.1, 0.15) is 33.4 Å². The lowest BCUT2D eigenvalue weighted by Crippen LogP contribution is -2.35. The van der Waals surface area contributed by atoms with Crippen LogP contribution in [0.4, 0.5) is 11.4 Å². The highest BCUT2D eigenvalue weighted by Gasteiger charge is 2.44. The molecule has 2 heterocycles. The smallest absolute Gasteiger partial charge is 0.282 e. The predicted molar refractivity (Wildman–Crippen MR) is 129 cm³/mol. The summed E-state index contributed by atoms with van der Waals surface area (Å²) in [4.78, 5) is 31.0. The molecule has 0 unspecified atom stereocenters. The van der Waals surface area contributed by atoms with E-state index >= 15 is 0 Å². The topological polar surface area (TPSA) is 40.6 Å². The van der Waals surface area contributed by atoms with Gasteiger partial charge >= 0.3 is 0 Å². The van der Waals surface area contributed by atoms with Crippen LogP contribution in [0, 0.1) is 27.7 Å². The Balaban J connectivity index is 1.70. The molecular formula is C28H26N2O2. The van der Waals surface area contributed by atoms with Crippen LogP contribution >= 0.6 is 0 Å². The number of anilines is 2. The van der Waals surface area contributed by atoms with E-state index in [0.717, 1.165) is 39.9 Å². The van der Waals surface area contributed by atoms with Gasteiger partial charge < -0.3 is 4.90 Å². The lowest BCUT2D eigenvalue weighted by Gasteiger charge is -2.22. The zero-order chi connectivity index (χ0) is 22.6. The molecule has 2 aliphatic rings. The third kappa shape index (κ3) is 3.06. The number of imide groups is 1. The van der Waals surface area contributed by atoms with Crippen molar-refractivity contribution in [2.75, 3.05) is 16.3 Å². The maximum absolute atomic E-state index is 13.9. The molecule has 0 spiro atoms. The van der Waals surface area contributed by atoms with Gasteiger partial charge in [0.25, 0.3) is 11.8 Å². The maximum Gasteiger partial charge on any atom is 0.282 e. The molecule has 0 saturated carbocycles. The van der Waals surface area contributed by atoms with E-state index in [0.29, 0.717) is 23.5 Å². The first-order valence-electron chi connectivity index (χ1n) is 11.0. The number of nitrogens with zero attached hydrogens (tertiary/aromatic N) is 2. The minimum atomic E-state index is -0.263. The molecule has 0 fully saturated rings. The van der Waals surface area contributed by atoms with Gasteiger partial charge in [-0.05, 0) is 85.7 Å². The van der Waals surface area contributed by atoms with Gasteiger partial charge in [0.1, 0.15) is 5.70 Å². The van der Waals surface area contributed by atoms with Gasteiger partial charge in [-0.2, -0.15) is 0 Å². The van der Waals surface area contributed by atoms with Gasteiger partial charge in [0.15, 0.2) is 0 Å². The Hall–Kier alpha value is -3.66. The molecule has 3 aromatic carbocycles. The summed E-state index contributed by atoms with van der Waals surface area (Å²) in [6.45, 7) is 8.79. The summed E-state index contributed by atoms with van der Waals surface area (Å²) in [5, 5.41) is 0. The molecule has 0 aliphatic carbocycles. The summed E-state index contributed by atoms with van der Waals surface area (Å²) in [5.74, 6) is -0.524. The average Bonchev–Trinajstić information content (AvgIpc) is 3.30. The van der Waals surface area contributed by atoms with Crippen molar-refractivity contribution in [3.05, 3.63) is 99.7 Å². The summed E-state index contributed by atoms with van der Waals surface area (Å²) >= 11 is 0. The monoisotopic (exact) mass is 422 g/mol. The van der Waals surface area contributed by atoms with E-state index in [1.165, 1.54) is 10.5 Å². The van der Waals surface area contributed by atoms with Crippen LogP contribution in [0.25, 0.3) is 5.57 Å². The molecule has 4 heteroatoms. The number of carbonyl (C=O) groups excluding carboxylic acids is 2. The van der Waals surface area contributed by atoms with Gasteiger partial charge in [0, 0.05) is 12.2 Å². The Morgan fingerprint density at radius 2 is 1.41 bits per heavy atom. The Morgan fingerprint density at radius 1 is 0.719 bits per heavy atom. The number of fused-ring (bicyclic) bond motifs is 1. The Labute approximate surface area is 188 Å². The van der Waals surface area contributed by atoms with Crippen molar-refractivity contribution < 1.29 is 9.59 Å². The normalized spacial score (nSPS) is 15.8. The number of rotatable bonds is 3. The van der Waals surface area contributed by atoms with Gasteiger partial charge in [-0.1, -0.05) is 42.5 Å². The summed E-state index contributed by atoms with van der Waals surface area (Å²) in [6, 6.07) is 19.8. The molecule has 0 saturated heterocycles. The number of para-hydroxylation sites is 1. The number of aryl methyl sites for hydroxylation is 4. The minimum absolute atomic E-state index is 0.261. The Morgan fingerprint density at radius 3 is 2.12 bits per heavy atom. The highest BCUT2D eigenvalue weighted by atomic mass is 16.2. The van der Waals surface area contributed by atoms with E-state index in [1.54, 1.807) is 0 Å². The molecule has 5 rings (SSSR count). The van der Waals surface area contributed by atoms with Crippen molar-refractivity contribution in [2.45, 2.75) is 34.1 Å². The van der Waals surface area contributed by atoms with Crippen LogP contribution in [0.15, 0.2) is 66.4 Å². The van der Waals surface area contributed by atoms with Crippen LogP contribution in [-0.4, -0.2) is 18.4 Å². The number of carbonyl (C=O) groups is 2. The lowest BCUT2D eigenvalue weighted by molar-refractivity contribution is -0.120. The van der Waals surface area contributed by atoms with Gasteiger partial charge in [0.05, 0.1) is 11.3 Å². The Bertz CT molecular complexity index is 1320. The van der Waals surface area contributed by atoms with Crippen molar-refractivity contribution in [3.63, 3.8) is 0 Å². The zero-order valence-electron chi connectivity index (χ0n) is 18.9. The lowest BCUT2D eigenvalue weighted by atomic mass is 9.99. The van der Waals surface area contributed by atoms with Crippen LogP contribution in [0.2, 0.25) is 0 Å². The molecule has 3 aromatic rings. The summed E-state index contributed by atoms with van der Waals surface area (Å²) in [7, 11) is 0. The molecule has 0 atom stereocenters. The van der Waals surface area contributed by atoms with Gasteiger partial charge in [-0.15, -0.1) is 0 Å². The van der Waals surface area contributed by atoms with E-state index < -0.39 is 0 Å². The quantitative estimate of drug-likeness (QED) is 0.540. The highest BCUT2D eigenvalue weighted by Crippen LogP contribution is 2.40. The standard InChI is InChI=1S/C28H26N2O2/c1-17-9-11-22(15-19(17)3)25-26(29-14-13-21-7-5-6-8-24(21)29)28(32)30(27(25)31)23-12-10-18(2)20(4)16-23/h5-12,15-16H,13-14H2,1-4H3. The third-order valence-corrected chi connectivity index (χ3v) is 6.76. The molecule has 0 radical (unpaired) electrons. The second kappa shape index (κ2) is 7.49. The van der Waals surface area contributed by atoms with Crippen molar-refractivity contribution in [3.8, 4) is 0 Å². The van der Waals surface area contributed by atoms with Gasteiger partial charge in [0.2, 0.25) is 0 Å². The Kier molecular flexibility index (Phi) is 4.74. The largest absolute Gasteiger partial charge is 0.336 e. The summed E-state index contributed by atoms with van der Waals surface area (Å²) in [6.07, 6.45) is 0.852. The predicted octanol–water partition coefficient (Wildman–Crippen LogP) is 5.27. The second-order valence-electron chi connectivity index (χ2n) is 8.77. The number of benzene rings is 3. The first-order chi connectivity index (χ1) is 15.4. The van der Waals surface area contributed by atoms with Crippen LogP contribution < -0.4 is 9.80 Å². The minimum Gasteiger partial charge on any atom is -0.336 e. The maximum atomic E-state index is 13.9. The van der Waals surface area contributed by atoms with Crippen molar-refractivity contribution in [1.29, 1.82) is 0 Å². The van der Waals surface area contributed by atoms with Crippen molar-refractivity contribution in [1.82, 2.24) is 0 Å². The van der Waals surface area contributed by atoms with Crippen LogP contribution in [0.5, 0.6) is 0 Å². The second-order valence-corrected chi connectivity index (χ2v) is 8.77. The van der Waals surface area contributed by atoms with Gasteiger partial charge in [-0.3, -0.25) is 9.59 Å². The van der Waals surface area contributed by atoms with E-state index in [-0.39, 0.29) is 11.8 Å². The first-order valence-corrected chi connectivity index (χ1v) is 11.0.